The molecule has 1 heterocycles. The van der Waals surface area contributed by atoms with Crippen molar-refractivity contribution < 1.29 is 33.8 Å². The number of methoxy groups -OCH3 is 1. The van der Waals surface area contributed by atoms with Crippen molar-refractivity contribution in [1.82, 2.24) is 20.9 Å². The molecule has 0 fully saturated rings. The van der Waals surface area contributed by atoms with Gasteiger partial charge in [0.1, 0.15) is 24.2 Å². The molecule has 1 aromatic heterocycles. The molecule has 4 aromatic rings. The van der Waals surface area contributed by atoms with Crippen LogP contribution in [0.3, 0.4) is 0 Å². The lowest BCUT2D eigenvalue weighted by Gasteiger charge is -2.39. The van der Waals surface area contributed by atoms with Crippen molar-refractivity contribution >= 4 is 63.6 Å². The number of benzene rings is 3. The number of carbonyl (C=O) groups excluding carboxylic acids is 4. The van der Waals surface area contributed by atoms with Crippen molar-refractivity contribution in [1.29, 1.82) is 0 Å². The second-order valence-corrected chi connectivity index (χ2v) is 14.8. The highest BCUT2D eigenvalue weighted by Crippen LogP contribution is 2.38. The Hall–Kier alpha value is -4.94. The Bertz CT molecular complexity index is 2010. The molecular formula is C40H47Cl2N5O7. The number of aromatic amines is 1. The quantitative estimate of drug-likeness (QED) is 0.0746. The van der Waals surface area contributed by atoms with E-state index >= 15 is 0 Å². The third-order valence-electron chi connectivity index (χ3n) is 10.3. The number of carbonyl (C=O) groups is 4. The molecule has 0 bridgehead atoms. The minimum absolute atomic E-state index is 0.0122. The van der Waals surface area contributed by atoms with E-state index in [-0.39, 0.29) is 42.8 Å². The van der Waals surface area contributed by atoms with Crippen LogP contribution in [0.4, 0.5) is 10.5 Å². The topological polar surface area (TPSA) is 171 Å². The summed E-state index contributed by atoms with van der Waals surface area (Å²) in [5, 5.41) is 23.2. The number of nitrogens with one attached hydrogen (secondary N) is 5. The number of aromatic hydroxyl groups is 1. The van der Waals surface area contributed by atoms with E-state index in [2.05, 4.69) is 26.3 Å². The van der Waals surface area contributed by atoms with Crippen LogP contribution in [0.15, 0.2) is 60.7 Å². The lowest BCUT2D eigenvalue weighted by atomic mass is 9.78. The van der Waals surface area contributed by atoms with Gasteiger partial charge >= 0.3 is 6.09 Å². The molecule has 0 spiro atoms. The first-order valence-electron chi connectivity index (χ1n) is 18.1. The first-order valence-corrected chi connectivity index (χ1v) is 18.8. The molecule has 4 unspecified atom stereocenters. The maximum Gasteiger partial charge on any atom is 0.408 e. The average molecular weight is 781 g/mol. The number of phenols is 1. The summed E-state index contributed by atoms with van der Waals surface area (Å²) in [6.45, 7) is 7.50. The molecule has 54 heavy (non-hydrogen) atoms. The van der Waals surface area contributed by atoms with Gasteiger partial charge in [0.05, 0.1) is 17.6 Å². The summed E-state index contributed by atoms with van der Waals surface area (Å²) in [6.07, 6.45) is 0.893. The van der Waals surface area contributed by atoms with Crippen molar-refractivity contribution in [3.8, 4) is 11.5 Å². The number of fused-ring (bicyclic) bond motifs is 3. The van der Waals surface area contributed by atoms with Gasteiger partial charge in [-0.15, -0.1) is 0 Å². The van der Waals surface area contributed by atoms with Crippen LogP contribution in [-0.2, 0) is 38.6 Å². The minimum Gasteiger partial charge on any atom is -0.504 e. The summed E-state index contributed by atoms with van der Waals surface area (Å²) >= 11 is 13.0. The minimum atomic E-state index is -1.55. The molecule has 0 saturated heterocycles. The normalized spacial score (nSPS) is 17.3. The molecule has 0 aliphatic heterocycles. The zero-order valence-electron chi connectivity index (χ0n) is 31.0. The molecule has 14 heteroatoms. The third-order valence-corrected chi connectivity index (χ3v) is 10.8. The number of aryl methyl sites for hydroxylation is 1. The van der Waals surface area contributed by atoms with Crippen molar-refractivity contribution in [3.05, 3.63) is 87.5 Å². The number of alkyl carbamates (subject to hydrolysis) is 1. The van der Waals surface area contributed by atoms with Gasteiger partial charge in [-0.1, -0.05) is 94.1 Å². The van der Waals surface area contributed by atoms with Gasteiger partial charge in [-0.25, -0.2) is 4.79 Å². The summed E-state index contributed by atoms with van der Waals surface area (Å²) in [4.78, 5) is 59.4. The Kier molecular flexibility index (Phi) is 13.0. The summed E-state index contributed by atoms with van der Waals surface area (Å²) in [5.41, 5.74) is 1.86. The second kappa shape index (κ2) is 17.5. The standard InChI is InChI=1S/C40H47Cl2N5O7/c1-6-22(3)33(36(49)43-26-13-14-31(48)32(19-26)53-5)45-38(51)40(16-15-30-28(20-40)27-17-25(41)18-29(42)35(27)44-30)47-37(50)34(23(4)7-2)46-39(52)54-21-24-11-9-8-10-12-24/h8-14,17-19,22-23,33-34,44,48H,6-7,15-16,20-21H2,1-5H3,(H,43,49)(H,45,51)(H,46,52)(H,47,50)/t22?,23?,33?,34?,40-/m0/s1. The number of amides is 4. The van der Waals surface area contributed by atoms with Gasteiger partial charge in [0.25, 0.3) is 0 Å². The van der Waals surface area contributed by atoms with Crippen LogP contribution in [0.2, 0.25) is 10.0 Å². The number of H-pyrrole nitrogens is 1. The maximum absolute atomic E-state index is 14.8. The molecule has 3 aromatic carbocycles. The summed E-state index contributed by atoms with van der Waals surface area (Å²) < 4.78 is 10.7. The molecule has 5 rings (SSSR count). The van der Waals surface area contributed by atoms with Gasteiger partial charge in [-0.2, -0.15) is 0 Å². The van der Waals surface area contributed by atoms with Gasteiger partial charge in [-0.3, -0.25) is 14.4 Å². The van der Waals surface area contributed by atoms with Crippen LogP contribution in [0.5, 0.6) is 11.5 Å². The smallest absolute Gasteiger partial charge is 0.408 e. The number of phenolic OH excluding ortho intramolecular Hbond substituents is 1. The Labute approximate surface area is 324 Å². The Morgan fingerprint density at radius 2 is 1.61 bits per heavy atom. The average Bonchev–Trinajstić information content (AvgIpc) is 3.53. The lowest BCUT2D eigenvalue weighted by molar-refractivity contribution is -0.137. The fraction of sp³-hybridized carbons (Fsp3) is 0.400. The molecule has 6 N–H and O–H groups in total. The van der Waals surface area contributed by atoms with Crippen molar-refractivity contribution in [2.24, 2.45) is 11.8 Å². The first kappa shape index (κ1) is 40.2. The molecule has 4 amide bonds. The van der Waals surface area contributed by atoms with E-state index in [9.17, 15) is 24.3 Å². The highest BCUT2D eigenvalue weighted by atomic mass is 35.5. The van der Waals surface area contributed by atoms with E-state index in [1.165, 1.54) is 25.3 Å². The van der Waals surface area contributed by atoms with Crippen molar-refractivity contribution in [2.75, 3.05) is 12.4 Å². The second-order valence-electron chi connectivity index (χ2n) is 13.9. The zero-order chi connectivity index (χ0) is 39.2. The van der Waals surface area contributed by atoms with E-state index in [1.54, 1.807) is 12.1 Å². The van der Waals surface area contributed by atoms with Gasteiger partial charge in [0.15, 0.2) is 11.5 Å². The van der Waals surface area contributed by atoms with E-state index in [0.29, 0.717) is 45.9 Å². The predicted molar refractivity (Wildman–Crippen MR) is 209 cm³/mol. The Morgan fingerprint density at radius 1 is 0.926 bits per heavy atom. The van der Waals surface area contributed by atoms with E-state index in [1.807, 2.05) is 58.0 Å². The summed E-state index contributed by atoms with van der Waals surface area (Å²) in [7, 11) is 1.40. The van der Waals surface area contributed by atoms with Crippen LogP contribution < -0.4 is 26.0 Å². The molecule has 0 saturated carbocycles. The monoisotopic (exact) mass is 779 g/mol. The molecule has 1 aliphatic rings. The van der Waals surface area contributed by atoms with E-state index in [4.69, 9.17) is 32.7 Å². The number of halogens is 2. The van der Waals surface area contributed by atoms with Crippen LogP contribution in [0.1, 0.15) is 63.8 Å². The molecule has 1 aliphatic carbocycles. The maximum atomic E-state index is 14.8. The Morgan fingerprint density at radius 3 is 2.28 bits per heavy atom. The van der Waals surface area contributed by atoms with Crippen LogP contribution in [0, 0.1) is 11.8 Å². The molecular weight excluding hydrogens is 733 g/mol. The summed E-state index contributed by atoms with van der Waals surface area (Å²) in [5.74, 6) is -2.21. The van der Waals surface area contributed by atoms with Crippen molar-refractivity contribution in [3.63, 3.8) is 0 Å². The number of rotatable bonds is 14. The number of hydrogen-bond donors (Lipinski definition) is 6. The molecule has 0 radical (unpaired) electrons. The first-order chi connectivity index (χ1) is 25.8. The van der Waals surface area contributed by atoms with Crippen LogP contribution >= 0.6 is 23.2 Å². The molecule has 5 atom stereocenters. The highest BCUT2D eigenvalue weighted by Gasteiger charge is 2.47. The fourth-order valence-electron chi connectivity index (χ4n) is 6.69. The van der Waals surface area contributed by atoms with Crippen LogP contribution in [0.25, 0.3) is 10.9 Å². The van der Waals surface area contributed by atoms with Gasteiger partial charge < -0.3 is 40.8 Å². The largest absolute Gasteiger partial charge is 0.504 e. The van der Waals surface area contributed by atoms with Gasteiger partial charge in [-0.05, 0) is 60.1 Å². The van der Waals surface area contributed by atoms with E-state index < -0.39 is 41.4 Å². The van der Waals surface area contributed by atoms with E-state index in [0.717, 1.165) is 16.8 Å². The fourth-order valence-corrected chi connectivity index (χ4v) is 7.23. The predicted octanol–water partition coefficient (Wildman–Crippen LogP) is 7.04. The number of ether oxygens (including phenoxy) is 2. The number of anilines is 1. The number of hydrogen-bond acceptors (Lipinski definition) is 7. The third kappa shape index (κ3) is 9.05. The molecule has 288 valence electrons. The SMILES string of the molecule is CCC(C)C(NC(=O)OCc1ccccc1)C(=O)N[C@@]1(C(=O)NC(C(=O)Nc2ccc(O)c(OC)c2)C(C)CC)CCc2[nH]c3c(Cl)cc(Cl)cc3c2C1. The highest BCUT2D eigenvalue weighted by molar-refractivity contribution is 6.38. The summed E-state index contributed by atoms with van der Waals surface area (Å²) in [6, 6.07) is 14.9. The Balaban J connectivity index is 1.47. The van der Waals surface area contributed by atoms with Crippen LogP contribution in [-0.4, -0.2) is 58.6 Å². The zero-order valence-corrected chi connectivity index (χ0v) is 32.5. The number of aromatic nitrogens is 1. The molecule has 12 nitrogen and oxygen atoms in total. The lowest BCUT2D eigenvalue weighted by Crippen LogP contribution is -2.67. The van der Waals surface area contributed by atoms with Crippen molar-refractivity contribution in [2.45, 2.75) is 84.0 Å². The van der Waals surface area contributed by atoms with Gasteiger partial charge in [0, 0.05) is 34.3 Å². The van der Waals surface area contributed by atoms with Gasteiger partial charge in [0.2, 0.25) is 17.7 Å².